The Balaban J connectivity index is 2.10. The van der Waals surface area contributed by atoms with Crippen LogP contribution in [0.15, 0.2) is 0 Å². The molecule has 1 aromatic heterocycles. The van der Waals surface area contributed by atoms with Gasteiger partial charge < -0.3 is 14.8 Å². The summed E-state index contributed by atoms with van der Waals surface area (Å²) in [5.41, 5.74) is 0.674. The molecule has 2 rings (SSSR count). The highest BCUT2D eigenvalue weighted by Gasteiger charge is 2.25. The van der Waals surface area contributed by atoms with Crippen LogP contribution >= 0.6 is 0 Å². The molecule has 0 spiro atoms. The van der Waals surface area contributed by atoms with Crippen molar-refractivity contribution < 1.29 is 19.1 Å². The zero-order valence-electron chi connectivity index (χ0n) is 11.6. The Hall–Kier alpha value is -1.96. The van der Waals surface area contributed by atoms with Crippen LogP contribution in [0.4, 0.5) is 0 Å². The molecule has 1 aromatic rings. The van der Waals surface area contributed by atoms with Crippen LogP contribution in [-0.2, 0) is 27.2 Å². The lowest BCUT2D eigenvalue weighted by atomic mass is 10.2. The van der Waals surface area contributed by atoms with Crippen LogP contribution in [0.2, 0.25) is 0 Å². The lowest BCUT2D eigenvalue weighted by molar-refractivity contribution is -0.122. The van der Waals surface area contributed by atoms with Crippen LogP contribution in [0, 0.1) is 0 Å². The van der Waals surface area contributed by atoms with E-state index in [0.717, 1.165) is 12.8 Å². The number of nitrogens with one attached hydrogen (secondary N) is 1. The van der Waals surface area contributed by atoms with Crippen molar-refractivity contribution in [3.63, 3.8) is 0 Å². The average Bonchev–Trinajstić information content (AvgIpc) is 3.15. The first-order valence-corrected chi connectivity index (χ1v) is 6.44. The van der Waals surface area contributed by atoms with E-state index in [2.05, 4.69) is 20.4 Å². The molecule has 1 aliphatic rings. The Labute approximate surface area is 116 Å². The van der Waals surface area contributed by atoms with Gasteiger partial charge in [0.1, 0.15) is 6.54 Å². The van der Waals surface area contributed by atoms with Gasteiger partial charge in [0.15, 0.2) is 5.69 Å². The zero-order valence-corrected chi connectivity index (χ0v) is 11.6. The summed E-state index contributed by atoms with van der Waals surface area (Å²) in [7, 11) is 2.84. The molecular weight excluding hydrogens is 264 g/mol. The van der Waals surface area contributed by atoms with Gasteiger partial charge in [-0.3, -0.25) is 4.79 Å². The first-order valence-electron chi connectivity index (χ1n) is 6.44. The van der Waals surface area contributed by atoms with Crippen molar-refractivity contribution in [2.45, 2.75) is 31.8 Å². The van der Waals surface area contributed by atoms with E-state index in [0.29, 0.717) is 18.7 Å². The van der Waals surface area contributed by atoms with Crippen LogP contribution in [0.3, 0.4) is 0 Å². The molecule has 110 valence electrons. The molecule has 0 radical (unpaired) electrons. The molecule has 8 nitrogen and oxygen atoms in total. The predicted molar refractivity (Wildman–Crippen MR) is 68.1 cm³/mol. The molecule has 0 aromatic carbocycles. The van der Waals surface area contributed by atoms with Crippen molar-refractivity contribution in [2.75, 3.05) is 20.8 Å². The first kappa shape index (κ1) is 14.4. The van der Waals surface area contributed by atoms with Crippen molar-refractivity contribution in [1.29, 1.82) is 0 Å². The van der Waals surface area contributed by atoms with Gasteiger partial charge in [-0.25, -0.2) is 9.48 Å². The fourth-order valence-electron chi connectivity index (χ4n) is 1.80. The SMILES string of the molecule is COCCc1c(C(=O)OC)nnn1CC(=O)NC1CC1. The molecule has 8 heteroatoms. The second kappa shape index (κ2) is 6.47. The van der Waals surface area contributed by atoms with Gasteiger partial charge in [0.25, 0.3) is 0 Å². The van der Waals surface area contributed by atoms with Crippen LogP contribution in [0.5, 0.6) is 0 Å². The molecule has 1 heterocycles. The summed E-state index contributed by atoms with van der Waals surface area (Å²) in [4.78, 5) is 23.4. The third kappa shape index (κ3) is 3.53. The summed E-state index contributed by atoms with van der Waals surface area (Å²) in [6.07, 6.45) is 2.48. The summed E-state index contributed by atoms with van der Waals surface area (Å²) < 4.78 is 11.1. The number of carbonyl (C=O) groups is 2. The topological polar surface area (TPSA) is 95.3 Å². The van der Waals surface area contributed by atoms with E-state index in [9.17, 15) is 9.59 Å². The number of rotatable bonds is 7. The minimum absolute atomic E-state index is 0.0412. The van der Waals surface area contributed by atoms with Gasteiger partial charge in [0.05, 0.1) is 19.4 Å². The van der Waals surface area contributed by atoms with Crippen LogP contribution in [-0.4, -0.2) is 53.7 Å². The minimum atomic E-state index is -0.565. The van der Waals surface area contributed by atoms with Crippen molar-refractivity contribution in [1.82, 2.24) is 20.3 Å². The molecule has 1 N–H and O–H groups in total. The zero-order chi connectivity index (χ0) is 14.5. The molecular formula is C12H18N4O4. The van der Waals surface area contributed by atoms with Gasteiger partial charge in [0, 0.05) is 19.6 Å². The van der Waals surface area contributed by atoms with Crippen molar-refractivity contribution in [3.8, 4) is 0 Å². The molecule has 20 heavy (non-hydrogen) atoms. The highest BCUT2D eigenvalue weighted by molar-refractivity contribution is 5.88. The number of hydrogen-bond donors (Lipinski definition) is 1. The lowest BCUT2D eigenvalue weighted by Gasteiger charge is -2.07. The summed E-state index contributed by atoms with van der Waals surface area (Å²) in [5.74, 6) is -0.697. The molecule has 0 unspecified atom stereocenters. The van der Waals surface area contributed by atoms with Crippen LogP contribution in [0.1, 0.15) is 29.0 Å². The molecule has 1 aliphatic carbocycles. The third-order valence-electron chi connectivity index (χ3n) is 3.00. The van der Waals surface area contributed by atoms with Gasteiger partial charge in [0.2, 0.25) is 5.91 Å². The normalized spacial score (nSPS) is 14.1. The standard InChI is InChI=1S/C12H18N4O4/c1-19-6-5-9-11(12(18)20-2)14-15-16(9)7-10(17)13-8-3-4-8/h8H,3-7H2,1-2H3,(H,13,17). The molecule has 0 bridgehead atoms. The molecule has 1 amide bonds. The maximum absolute atomic E-state index is 11.8. The maximum atomic E-state index is 11.8. The molecule has 1 saturated carbocycles. The molecule has 0 saturated heterocycles. The monoisotopic (exact) mass is 282 g/mol. The summed E-state index contributed by atoms with van der Waals surface area (Å²) in [5, 5.41) is 10.5. The van der Waals surface area contributed by atoms with Crippen molar-refractivity contribution >= 4 is 11.9 Å². The van der Waals surface area contributed by atoms with Gasteiger partial charge in [-0.2, -0.15) is 0 Å². The number of carbonyl (C=O) groups excluding carboxylic acids is 2. The maximum Gasteiger partial charge on any atom is 0.360 e. The Morgan fingerprint density at radius 1 is 1.40 bits per heavy atom. The number of nitrogens with zero attached hydrogens (tertiary/aromatic N) is 3. The van der Waals surface area contributed by atoms with E-state index < -0.39 is 5.97 Å². The van der Waals surface area contributed by atoms with Gasteiger partial charge in [-0.1, -0.05) is 5.21 Å². The number of amides is 1. The highest BCUT2D eigenvalue weighted by atomic mass is 16.5. The Morgan fingerprint density at radius 2 is 2.15 bits per heavy atom. The molecule has 1 fully saturated rings. The fourth-order valence-corrected chi connectivity index (χ4v) is 1.80. The number of esters is 1. The van der Waals surface area contributed by atoms with E-state index >= 15 is 0 Å². The summed E-state index contributed by atoms with van der Waals surface area (Å²) in [6, 6.07) is 0.286. The summed E-state index contributed by atoms with van der Waals surface area (Å²) >= 11 is 0. The van der Waals surface area contributed by atoms with Crippen LogP contribution in [0.25, 0.3) is 0 Å². The van der Waals surface area contributed by atoms with E-state index in [-0.39, 0.29) is 24.2 Å². The number of aromatic nitrogens is 3. The predicted octanol–water partition coefficient (Wildman–Crippen LogP) is -0.468. The first-order chi connectivity index (χ1) is 9.65. The van der Waals surface area contributed by atoms with Gasteiger partial charge in [-0.05, 0) is 12.8 Å². The van der Waals surface area contributed by atoms with Gasteiger partial charge in [-0.15, -0.1) is 5.10 Å². The van der Waals surface area contributed by atoms with E-state index in [1.54, 1.807) is 7.11 Å². The van der Waals surface area contributed by atoms with Crippen molar-refractivity contribution in [2.24, 2.45) is 0 Å². The molecule has 0 atom stereocenters. The largest absolute Gasteiger partial charge is 0.464 e. The molecule has 0 aliphatic heterocycles. The van der Waals surface area contributed by atoms with E-state index in [1.807, 2.05) is 0 Å². The van der Waals surface area contributed by atoms with Gasteiger partial charge >= 0.3 is 5.97 Å². The van der Waals surface area contributed by atoms with Crippen LogP contribution < -0.4 is 5.32 Å². The quantitative estimate of drug-likeness (QED) is 0.679. The van der Waals surface area contributed by atoms with E-state index in [1.165, 1.54) is 11.8 Å². The number of ether oxygens (including phenoxy) is 2. The Morgan fingerprint density at radius 3 is 2.75 bits per heavy atom. The smallest absolute Gasteiger partial charge is 0.360 e. The highest BCUT2D eigenvalue weighted by Crippen LogP contribution is 2.18. The Bertz CT molecular complexity index is 496. The second-order valence-corrected chi connectivity index (χ2v) is 4.62. The van der Waals surface area contributed by atoms with E-state index in [4.69, 9.17) is 4.74 Å². The average molecular weight is 282 g/mol. The van der Waals surface area contributed by atoms with Crippen molar-refractivity contribution in [3.05, 3.63) is 11.4 Å². The summed E-state index contributed by atoms with van der Waals surface area (Å²) in [6.45, 7) is 0.446. The fraction of sp³-hybridized carbons (Fsp3) is 0.667. The Kier molecular flexibility index (Phi) is 4.67. The number of methoxy groups -OCH3 is 2. The third-order valence-corrected chi connectivity index (χ3v) is 3.00. The number of hydrogen-bond acceptors (Lipinski definition) is 6. The lowest BCUT2D eigenvalue weighted by Crippen LogP contribution is -2.30. The minimum Gasteiger partial charge on any atom is -0.464 e. The second-order valence-electron chi connectivity index (χ2n) is 4.62.